The van der Waals surface area contributed by atoms with Crippen molar-refractivity contribution < 1.29 is 37.1 Å². The van der Waals surface area contributed by atoms with Gasteiger partial charge in [0.1, 0.15) is 0 Å². The zero-order valence-corrected chi connectivity index (χ0v) is 18.1. The van der Waals surface area contributed by atoms with Crippen molar-refractivity contribution >= 4 is 0 Å². The Balaban J connectivity index is 0.00000225. The predicted octanol–water partition coefficient (Wildman–Crippen LogP) is 6.83. The monoisotopic (exact) mass is 412 g/mol. The molecule has 0 nitrogen and oxygen atoms in total. The third kappa shape index (κ3) is 6.61. The van der Waals surface area contributed by atoms with Gasteiger partial charge in [-0.2, -0.15) is 12.1 Å². The molecule has 2 aromatic rings. The zero-order valence-electron chi connectivity index (χ0n) is 15.3. The van der Waals surface area contributed by atoms with Crippen molar-refractivity contribution in [2.75, 3.05) is 0 Å². The molecule has 0 saturated heterocycles. The molecular weight excluding hydrogens is 384 g/mol. The van der Waals surface area contributed by atoms with Crippen LogP contribution in [0.1, 0.15) is 57.4 Å². The number of halogens is 1. The van der Waals surface area contributed by atoms with Crippen LogP contribution in [0, 0.1) is 23.7 Å². The maximum Gasteiger partial charge on any atom is 0.0114 e. The van der Waals surface area contributed by atoms with Gasteiger partial charge in [0.25, 0.3) is 0 Å². The second kappa shape index (κ2) is 10.6. The van der Waals surface area contributed by atoms with E-state index in [2.05, 4.69) is 37.3 Å². The molecule has 1 aliphatic carbocycles. The summed E-state index contributed by atoms with van der Waals surface area (Å²) in [6, 6.07) is 16.2. The smallest absolute Gasteiger partial charge is 0.0114 e. The van der Waals surface area contributed by atoms with Crippen LogP contribution in [-0.2, 0) is 39.1 Å². The van der Waals surface area contributed by atoms with Crippen LogP contribution < -0.4 is 0 Å². The Bertz CT molecular complexity index is 627. The Labute approximate surface area is 177 Å². The number of benzene rings is 2. The van der Waals surface area contributed by atoms with Gasteiger partial charge in [-0.3, -0.25) is 0 Å². The molecule has 0 spiro atoms. The van der Waals surface area contributed by atoms with Crippen molar-refractivity contribution in [2.45, 2.75) is 58.3 Å². The molecule has 1 fully saturated rings. The molecule has 0 amide bonds. The van der Waals surface area contributed by atoms with Gasteiger partial charge in [0, 0.05) is 38.5 Å². The predicted molar refractivity (Wildman–Crippen MR) is 99.3 cm³/mol. The standard InChI is InChI=1S/C23H28F.Y/c1-18-9-11-19(12-10-18)5-2-3-6-20-13-15-21(16-14-20)22-7-4-8-23(24)17-22;/h4,7,13-19H,2-3,5-6,9-12H2,1H3;/q-1;. The van der Waals surface area contributed by atoms with Crippen LogP contribution in [0.3, 0.4) is 0 Å². The van der Waals surface area contributed by atoms with Crippen molar-refractivity contribution in [3.05, 3.63) is 59.9 Å². The summed E-state index contributed by atoms with van der Waals surface area (Å²) >= 11 is 0. The van der Waals surface area contributed by atoms with E-state index >= 15 is 0 Å². The van der Waals surface area contributed by atoms with E-state index in [-0.39, 0.29) is 38.5 Å². The molecule has 0 bridgehead atoms. The van der Waals surface area contributed by atoms with E-state index in [4.69, 9.17) is 0 Å². The zero-order chi connectivity index (χ0) is 16.8. The minimum atomic E-state index is -0.298. The van der Waals surface area contributed by atoms with Crippen molar-refractivity contribution in [3.63, 3.8) is 0 Å². The molecule has 0 atom stereocenters. The summed E-state index contributed by atoms with van der Waals surface area (Å²) in [6.07, 6.45) is 10.9. The first-order valence-corrected chi connectivity index (χ1v) is 9.47. The van der Waals surface area contributed by atoms with E-state index in [1.54, 1.807) is 12.1 Å². The van der Waals surface area contributed by atoms with E-state index in [1.807, 2.05) is 6.07 Å². The average Bonchev–Trinajstić information content (AvgIpc) is 2.61. The van der Waals surface area contributed by atoms with Crippen molar-refractivity contribution in [2.24, 2.45) is 11.8 Å². The summed E-state index contributed by atoms with van der Waals surface area (Å²) in [6.45, 7) is 2.39. The van der Waals surface area contributed by atoms with Gasteiger partial charge in [0.15, 0.2) is 0 Å². The second-order valence-electron chi connectivity index (χ2n) is 7.49. The Morgan fingerprint density at radius 2 is 1.68 bits per heavy atom. The number of hydrogen-bond acceptors (Lipinski definition) is 0. The van der Waals surface area contributed by atoms with Crippen molar-refractivity contribution in [1.29, 1.82) is 0 Å². The van der Waals surface area contributed by atoms with Crippen LogP contribution in [0.5, 0.6) is 0 Å². The number of hydrogen-bond donors (Lipinski definition) is 0. The summed E-state index contributed by atoms with van der Waals surface area (Å²) in [4.78, 5) is 0. The fourth-order valence-corrected chi connectivity index (χ4v) is 3.86. The van der Waals surface area contributed by atoms with Gasteiger partial charge >= 0.3 is 0 Å². The van der Waals surface area contributed by atoms with Crippen LogP contribution in [0.15, 0.2) is 42.5 Å². The molecule has 0 aromatic heterocycles. The fraction of sp³-hybridized carbons (Fsp3) is 0.478. The fourth-order valence-electron chi connectivity index (χ4n) is 3.86. The van der Waals surface area contributed by atoms with E-state index < -0.39 is 0 Å². The molecule has 0 heterocycles. The van der Waals surface area contributed by atoms with Crippen LogP contribution in [-0.4, -0.2) is 0 Å². The first-order valence-electron chi connectivity index (χ1n) is 9.47. The van der Waals surface area contributed by atoms with Crippen LogP contribution >= 0.6 is 0 Å². The Hall–Kier alpha value is -0.526. The normalized spacial score (nSPS) is 20.1. The van der Waals surface area contributed by atoms with Gasteiger partial charge in [0.2, 0.25) is 0 Å². The van der Waals surface area contributed by atoms with Crippen LogP contribution in [0.4, 0.5) is 4.39 Å². The Kier molecular flexibility index (Phi) is 8.80. The molecule has 1 saturated carbocycles. The largest absolute Gasteiger partial charge is 0.236 e. The minimum absolute atomic E-state index is 0. The van der Waals surface area contributed by atoms with Gasteiger partial charge in [-0.15, -0.1) is 17.7 Å². The number of rotatable bonds is 6. The molecule has 0 N–H and O–H groups in total. The summed E-state index contributed by atoms with van der Waals surface area (Å²) in [5, 5.41) is 0. The summed E-state index contributed by atoms with van der Waals surface area (Å²) in [5.74, 6) is 1.64. The van der Waals surface area contributed by atoms with Crippen molar-refractivity contribution in [3.8, 4) is 11.1 Å². The molecule has 2 aromatic carbocycles. The van der Waals surface area contributed by atoms with E-state index in [0.29, 0.717) is 0 Å². The molecule has 1 radical (unpaired) electrons. The molecule has 25 heavy (non-hydrogen) atoms. The first kappa shape index (κ1) is 20.8. The molecule has 0 unspecified atom stereocenters. The maximum atomic E-state index is 13.3. The van der Waals surface area contributed by atoms with E-state index in [1.165, 1.54) is 50.5 Å². The topological polar surface area (TPSA) is 0 Å². The molecule has 1 aliphatic rings. The van der Waals surface area contributed by atoms with Gasteiger partial charge in [-0.1, -0.05) is 69.7 Å². The van der Waals surface area contributed by atoms with Crippen molar-refractivity contribution in [1.82, 2.24) is 0 Å². The van der Waals surface area contributed by atoms with Gasteiger partial charge in [0.05, 0.1) is 0 Å². The van der Waals surface area contributed by atoms with Crippen LogP contribution in [0.25, 0.3) is 11.1 Å². The summed E-state index contributed by atoms with van der Waals surface area (Å²) in [7, 11) is 0. The molecule has 0 aliphatic heterocycles. The first-order chi connectivity index (χ1) is 11.7. The molecule has 131 valence electrons. The third-order valence-electron chi connectivity index (χ3n) is 5.52. The Morgan fingerprint density at radius 1 is 0.960 bits per heavy atom. The van der Waals surface area contributed by atoms with Gasteiger partial charge in [-0.25, -0.2) is 4.39 Å². The van der Waals surface area contributed by atoms with Gasteiger partial charge in [-0.05, 0) is 35.8 Å². The van der Waals surface area contributed by atoms with Crippen LogP contribution in [0.2, 0.25) is 0 Å². The second-order valence-corrected chi connectivity index (χ2v) is 7.49. The van der Waals surface area contributed by atoms with E-state index in [9.17, 15) is 4.39 Å². The maximum absolute atomic E-state index is 13.3. The summed E-state index contributed by atoms with van der Waals surface area (Å²) in [5.41, 5.74) is 3.38. The van der Waals surface area contributed by atoms with Gasteiger partial charge < -0.3 is 0 Å². The van der Waals surface area contributed by atoms with E-state index in [0.717, 1.165) is 29.4 Å². The molecule has 3 rings (SSSR count). The third-order valence-corrected chi connectivity index (χ3v) is 5.52. The SMILES string of the molecule is CC1CCC(CCCCc2ccc(-c3cc[c-]c(F)c3)cc2)CC1.[Y]. The number of aryl methyl sites for hydroxylation is 1. The quantitative estimate of drug-likeness (QED) is 0.360. The summed E-state index contributed by atoms with van der Waals surface area (Å²) < 4.78 is 13.3. The minimum Gasteiger partial charge on any atom is -0.236 e. The average molecular weight is 412 g/mol. The molecular formula is C23H28FY-. The molecule has 2 heteroatoms. The number of unbranched alkanes of at least 4 members (excludes halogenated alkanes) is 1. The Morgan fingerprint density at radius 3 is 2.36 bits per heavy atom.